The lowest BCUT2D eigenvalue weighted by Gasteiger charge is -2.33. The molecule has 176 valence electrons. The Morgan fingerprint density at radius 3 is 2.42 bits per heavy atom. The highest BCUT2D eigenvalue weighted by Crippen LogP contribution is 2.27. The molecule has 2 aromatic carbocycles. The van der Waals surface area contributed by atoms with E-state index in [2.05, 4.69) is 16.0 Å². The standard InChI is InChI=1S/C23H26ClFN4O4/c24-17-3-1-2-4-19(17)28-23(33)27-10-9-26-22(32)16-5-6-20(18(25)14-16)29-11-7-15(8-12-29)13-21(30)31/h1-6,14-15H,7-13H2,(H,26,32)(H,30,31)(H2,27,28,33). The van der Waals surface area contributed by atoms with E-state index in [1.54, 1.807) is 36.4 Å². The number of carboxylic acid groups (broad SMARTS) is 1. The van der Waals surface area contributed by atoms with Crippen LogP contribution in [-0.2, 0) is 4.79 Å². The molecule has 3 rings (SSSR count). The number of aliphatic carboxylic acids is 1. The number of nitrogens with one attached hydrogen (secondary N) is 3. The molecule has 0 saturated carbocycles. The van der Waals surface area contributed by atoms with Gasteiger partial charge in [-0.1, -0.05) is 23.7 Å². The Morgan fingerprint density at radius 2 is 1.76 bits per heavy atom. The molecule has 1 aliphatic rings. The Morgan fingerprint density at radius 1 is 1.06 bits per heavy atom. The molecule has 1 fully saturated rings. The number of rotatable bonds is 8. The van der Waals surface area contributed by atoms with E-state index >= 15 is 0 Å². The lowest BCUT2D eigenvalue weighted by atomic mass is 9.93. The second-order valence-corrected chi connectivity index (χ2v) is 8.22. The number of nitrogens with zero attached hydrogens (tertiary/aromatic N) is 1. The third-order valence-corrected chi connectivity index (χ3v) is 5.78. The highest BCUT2D eigenvalue weighted by Gasteiger charge is 2.23. The molecule has 0 bridgehead atoms. The Hall–Kier alpha value is -3.33. The Balaban J connectivity index is 1.43. The van der Waals surface area contributed by atoms with Gasteiger partial charge in [-0.2, -0.15) is 0 Å². The number of urea groups is 1. The van der Waals surface area contributed by atoms with Gasteiger partial charge >= 0.3 is 12.0 Å². The number of para-hydroxylation sites is 1. The number of carbonyl (C=O) groups excluding carboxylic acids is 2. The summed E-state index contributed by atoms with van der Waals surface area (Å²) in [4.78, 5) is 36.9. The van der Waals surface area contributed by atoms with Crippen LogP contribution in [0.4, 0.5) is 20.6 Å². The summed E-state index contributed by atoms with van der Waals surface area (Å²) >= 11 is 5.98. The summed E-state index contributed by atoms with van der Waals surface area (Å²) in [6, 6.07) is 10.7. The SMILES string of the molecule is O=C(O)CC1CCN(c2ccc(C(=O)NCCNC(=O)Nc3ccccc3Cl)cc2F)CC1. The molecule has 0 aromatic heterocycles. The van der Waals surface area contributed by atoms with Crippen LogP contribution in [0.25, 0.3) is 0 Å². The Labute approximate surface area is 196 Å². The summed E-state index contributed by atoms with van der Waals surface area (Å²) in [5.74, 6) is -1.66. The number of carboxylic acids is 1. The molecular weight excluding hydrogens is 451 g/mol. The zero-order valence-corrected chi connectivity index (χ0v) is 18.7. The summed E-state index contributed by atoms with van der Waals surface area (Å²) in [6.07, 6.45) is 1.50. The third kappa shape index (κ3) is 7.08. The van der Waals surface area contributed by atoms with Crippen molar-refractivity contribution in [2.24, 2.45) is 5.92 Å². The van der Waals surface area contributed by atoms with Crippen molar-refractivity contribution in [1.29, 1.82) is 0 Å². The summed E-state index contributed by atoms with van der Waals surface area (Å²) in [7, 11) is 0. The average molecular weight is 477 g/mol. The van der Waals surface area contributed by atoms with Crippen molar-refractivity contribution in [2.45, 2.75) is 19.3 Å². The summed E-state index contributed by atoms with van der Waals surface area (Å²) < 4.78 is 14.6. The summed E-state index contributed by atoms with van der Waals surface area (Å²) in [6.45, 7) is 1.48. The van der Waals surface area contributed by atoms with Crippen molar-refractivity contribution >= 4 is 40.9 Å². The monoisotopic (exact) mass is 476 g/mol. The molecule has 33 heavy (non-hydrogen) atoms. The van der Waals surface area contributed by atoms with Crippen LogP contribution in [-0.4, -0.2) is 49.2 Å². The van der Waals surface area contributed by atoms with Crippen molar-refractivity contribution in [3.05, 3.63) is 58.9 Å². The van der Waals surface area contributed by atoms with E-state index in [4.69, 9.17) is 16.7 Å². The fourth-order valence-corrected chi connectivity index (χ4v) is 3.90. The lowest BCUT2D eigenvalue weighted by Crippen LogP contribution is -2.37. The smallest absolute Gasteiger partial charge is 0.319 e. The van der Waals surface area contributed by atoms with Gasteiger partial charge in [0.2, 0.25) is 0 Å². The van der Waals surface area contributed by atoms with Crippen molar-refractivity contribution in [3.8, 4) is 0 Å². The maximum Gasteiger partial charge on any atom is 0.319 e. The molecule has 0 spiro atoms. The second-order valence-electron chi connectivity index (χ2n) is 7.81. The van der Waals surface area contributed by atoms with Crippen LogP contribution in [0.15, 0.2) is 42.5 Å². The van der Waals surface area contributed by atoms with Gasteiger partial charge in [-0.05, 0) is 49.1 Å². The van der Waals surface area contributed by atoms with E-state index in [1.165, 1.54) is 6.07 Å². The third-order valence-electron chi connectivity index (χ3n) is 5.45. The summed E-state index contributed by atoms with van der Waals surface area (Å²) in [5, 5.41) is 17.2. The van der Waals surface area contributed by atoms with E-state index in [0.29, 0.717) is 42.3 Å². The predicted octanol–water partition coefficient (Wildman–Crippen LogP) is 3.72. The fourth-order valence-electron chi connectivity index (χ4n) is 3.71. The van der Waals surface area contributed by atoms with Crippen molar-refractivity contribution < 1.29 is 23.9 Å². The molecule has 0 atom stereocenters. The summed E-state index contributed by atoms with van der Waals surface area (Å²) in [5.41, 5.74) is 1.05. The minimum absolute atomic E-state index is 0.104. The van der Waals surface area contributed by atoms with Gasteiger partial charge in [-0.25, -0.2) is 9.18 Å². The minimum atomic E-state index is -0.814. The first kappa shape index (κ1) is 24.3. The lowest BCUT2D eigenvalue weighted by molar-refractivity contribution is -0.138. The number of piperidine rings is 1. The van der Waals surface area contributed by atoms with Gasteiger partial charge in [-0.15, -0.1) is 0 Å². The number of carbonyl (C=O) groups is 3. The molecule has 0 radical (unpaired) electrons. The number of hydrogen-bond acceptors (Lipinski definition) is 4. The van der Waals surface area contributed by atoms with E-state index < -0.39 is 23.7 Å². The van der Waals surface area contributed by atoms with Gasteiger partial charge in [0.15, 0.2) is 0 Å². The number of amides is 3. The quantitative estimate of drug-likeness (QED) is 0.434. The molecule has 1 aliphatic heterocycles. The van der Waals surface area contributed by atoms with Gasteiger partial charge in [0, 0.05) is 38.2 Å². The molecule has 10 heteroatoms. The van der Waals surface area contributed by atoms with E-state index in [9.17, 15) is 18.8 Å². The highest BCUT2D eigenvalue weighted by atomic mass is 35.5. The van der Waals surface area contributed by atoms with Crippen LogP contribution in [0.3, 0.4) is 0 Å². The Kier molecular flexibility index (Phi) is 8.48. The topological polar surface area (TPSA) is 111 Å². The van der Waals surface area contributed by atoms with Crippen LogP contribution in [0.1, 0.15) is 29.6 Å². The first-order valence-corrected chi connectivity index (χ1v) is 11.0. The van der Waals surface area contributed by atoms with Crippen molar-refractivity contribution in [1.82, 2.24) is 10.6 Å². The van der Waals surface area contributed by atoms with Gasteiger partial charge in [0.1, 0.15) is 5.82 Å². The predicted molar refractivity (Wildman–Crippen MR) is 124 cm³/mol. The van der Waals surface area contributed by atoms with Crippen molar-refractivity contribution in [2.75, 3.05) is 36.4 Å². The molecule has 1 heterocycles. The van der Waals surface area contributed by atoms with Gasteiger partial charge < -0.3 is 26.0 Å². The van der Waals surface area contributed by atoms with E-state index in [0.717, 1.165) is 0 Å². The maximum atomic E-state index is 14.6. The zero-order chi connectivity index (χ0) is 23.8. The number of halogens is 2. The number of hydrogen-bond donors (Lipinski definition) is 4. The molecular formula is C23H26ClFN4O4. The molecule has 3 amide bonds. The Bertz CT molecular complexity index is 1010. The largest absolute Gasteiger partial charge is 0.481 e. The van der Waals surface area contributed by atoms with Gasteiger partial charge in [0.05, 0.1) is 16.4 Å². The molecule has 8 nitrogen and oxygen atoms in total. The first-order chi connectivity index (χ1) is 15.8. The average Bonchev–Trinajstić information content (AvgIpc) is 2.78. The highest BCUT2D eigenvalue weighted by molar-refractivity contribution is 6.33. The number of anilines is 2. The molecule has 0 aliphatic carbocycles. The normalized spacial score (nSPS) is 13.9. The van der Waals surface area contributed by atoms with Crippen LogP contribution >= 0.6 is 11.6 Å². The fraction of sp³-hybridized carbons (Fsp3) is 0.348. The minimum Gasteiger partial charge on any atom is -0.481 e. The van der Waals surface area contributed by atoms with Crippen LogP contribution in [0, 0.1) is 11.7 Å². The molecule has 2 aromatic rings. The zero-order valence-electron chi connectivity index (χ0n) is 17.9. The van der Waals surface area contributed by atoms with Crippen molar-refractivity contribution in [3.63, 3.8) is 0 Å². The molecule has 4 N–H and O–H groups in total. The first-order valence-electron chi connectivity index (χ1n) is 10.7. The van der Waals surface area contributed by atoms with Crippen LogP contribution in [0.5, 0.6) is 0 Å². The molecule has 0 unspecified atom stereocenters. The molecule has 1 saturated heterocycles. The van der Waals surface area contributed by atoms with Crippen LogP contribution < -0.4 is 20.9 Å². The van der Waals surface area contributed by atoms with Crippen LogP contribution in [0.2, 0.25) is 5.02 Å². The maximum absolute atomic E-state index is 14.6. The second kappa shape index (κ2) is 11.5. The number of benzene rings is 2. The van der Waals surface area contributed by atoms with Gasteiger partial charge in [-0.3, -0.25) is 9.59 Å². The van der Waals surface area contributed by atoms with E-state index in [1.807, 2.05) is 4.90 Å². The van der Waals surface area contributed by atoms with E-state index in [-0.39, 0.29) is 31.0 Å². The van der Waals surface area contributed by atoms with Gasteiger partial charge in [0.25, 0.3) is 5.91 Å².